The summed E-state index contributed by atoms with van der Waals surface area (Å²) in [6.07, 6.45) is 2.47. The van der Waals surface area contributed by atoms with Crippen molar-refractivity contribution in [3.63, 3.8) is 0 Å². The van der Waals surface area contributed by atoms with Gasteiger partial charge in [0.15, 0.2) is 5.96 Å². The molecule has 0 aliphatic carbocycles. The number of aromatic nitrogens is 1. The van der Waals surface area contributed by atoms with Crippen molar-refractivity contribution in [3.8, 4) is 0 Å². The third kappa shape index (κ3) is 6.03. The molecule has 0 saturated carbocycles. The Morgan fingerprint density at radius 3 is 2.67 bits per heavy atom. The molecule has 6 nitrogen and oxygen atoms in total. The lowest BCUT2D eigenvalue weighted by Gasteiger charge is -2.32. The Hall–Kier alpha value is -1.18. The summed E-state index contributed by atoms with van der Waals surface area (Å²) in [5.74, 6) is 1.59. The van der Waals surface area contributed by atoms with Crippen molar-refractivity contribution in [3.05, 3.63) is 15.6 Å². The zero-order chi connectivity index (χ0) is 17.4. The van der Waals surface area contributed by atoms with E-state index >= 15 is 0 Å². The summed E-state index contributed by atoms with van der Waals surface area (Å²) in [5.41, 5.74) is 1.11. The van der Waals surface area contributed by atoms with Crippen molar-refractivity contribution < 1.29 is 4.74 Å². The van der Waals surface area contributed by atoms with E-state index in [0.29, 0.717) is 0 Å². The van der Waals surface area contributed by atoms with E-state index < -0.39 is 0 Å². The number of ether oxygens (including phenoxy) is 1. The molecule has 0 aromatic carbocycles. The maximum atomic E-state index is 5.16. The molecule has 24 heavy (non-hydrogen) atoms. The third-order valence-corrected chi connectivity index (χ3v) is 5.59. The molecule has 2 rings (SSSR count). The number of aliphatic imine (C=N–C) groups is 1. The van der Waals surface area contributed by atoms with Gasteiger partial charge in [0.2, 0.25) is 0 Å². The van der Waals surface area contributed by atoms with Gasteiger partial charge in [0.05, 0.1) is 23.9 Å². The molecule has 1 aliphatic rings. The molecule has 1 aliphatic heterocycles. The van der Waals surface area contributed by atoms with Crippen LogP contribution in [0.25, 0.3) is 0 Å². The van der Waals surface area contributed by atoms with Crippen LogP contribution in [-0.4, -0.2) is 62.8 Å². The van der Waals surface area contributed by atoms with Gasteiger partial charge in [-0.2, -0.15) is 0 Å². The lowest BCUT2D eigenvalue weighted by atomic mass is 9.97. The number of nitrogens with one attached hydrogen (secondary N) is 2. The second-order valence-corrected chi connectivity index (χ2v) is 7.61. The summed E-state index contributed by atoms with van der Waals surface area (Å²) in [5, 5.41) is 7.99. The van der Waals surface area contributed by atoms with Crippen molar-refractivity contribution >= 4 is 17.3 Å². The molecule has 0 radical (unpaired) electrons. The number of aryl methyl sites for hydroxylation is 2. The van der Waals surface area contributed by atoms with Crippen LogP contribution >= 0.6 is 11.3 Å². The Kier molecular flexibility index (Phi) is 7.94. The number of methoxy groups -OCH3 is 1. The minimum atomic E-state index is 0.717. The highest BCUT2D eigenvalue weighted by atomic mass is 32.1. The number of likely N-dealkylation sites (tertiary alicyclic amines) is 1. The summed E-state index contributed by atoms with van der Waals surface area (Å²) in [6, 6.07) is 0. The van der Waals surface area contributed by atoms with E-state index in [1.165, 1.54) is 30.8 Å². The highest BCUT2D eigenvalue weighted by Crippen LogP contribution is 2.17. The number of guanidine groups is 1. The molecule has 0 spiro atoms. The van der Waals surface area contributed by atoms with Crippen molar-refractivity contribution in [2.45, 2.75) is 33.2 Å². The fourth-order valence-electron chi connectivity index (χ4n) is 3.00. The Morgan fingerprint density at radius 2 is 2.08 bits per heavy atom. The summed E-state index contributed by atoms with van der Waals surface area (Å²) >= 11 is 1.75. The van der Waals surface area contributed by atoms with E-state index in [4.69, 9.17) is 4.74 Å². The third-order valence-electron chi connectivity index (χ3n) is 4.52. The fraction of sp³-hybridized carbons (Fsp3) is 0.765. The smallest absolute Gasteiger partial charge is 0.191 e. The second kappa shape index (κ2) is 9.96. The van der Waals surface area contributed by atoms with Crippen molar-refractivity contribution in [1.29, 1.82) is 0 Å². The summed E-state index contributed by atoms with van der Waals surface area (Å²) in [4.78, 5) is 12.6. The lowest BCUT2D eigenvalue weighted by molar-refractivity contribution is 0.121. The van der Waals surface area contributed by atoms with E-state index in [0.717, 1.165) is 48.8 Å². The zero-order valence-electron chi connectivity index (χ0n) is 15.4. The molecule has 2 N–H and O–H groups in total. The molecule has 136 valence electrons. The average Bonchev–Trinajstić information content (AvgIpc) is 2.91. The van der Waals surface area contributed by atoms with Crippen molar-refractivity contribution in [2.75, 3.05) is 46.9 Å². The van der Waals surface area contributed by atoms with Crippen LogP contribution in [0.2, 0.25) is 0 Å². The summed E-state index contributed by atoms with van der Waals surface area (Å²) in [7, 11) is 3.60. The molecular formula is C17H31N5OS. The SMILES string of the molecule is CN=C(NCc1sc(C)nc1C)NCC1CCN(CCOC)CC1. The van der Waals surface area contributed by atoms with E-state index in [1.54, 1.807) is 18.4 Å². The molecular weight excluding hydrogens is 322 g/mol. The molecule has 0 unspecified atom stereocenters. The predicted molar refractivity (Wildman–Crippen MR) is 101 cm³/mol. The number of rotatable bonds is 7. The van der Waals surface area contributed by atoms with Gasteiger partial charge in [0.1, 0.15) is 0 Å². The van der Waals surface area contributed by atoms with E-state index in [9.17, 15) is 0 Å². The Bertz CT molecular complexity index is 523. The van der Waals surface area contributed by atoms with Gasteiger partial charge in [-0.05, 0) is 45.7 Å². The molecule has 0 bridgehead atoms. The number of thiazole rings is 1. The van der Waals surface area contributed by atoms with Gasteiger partial charge < -0.3 is 20.3 Å². The van der Waals surface area contributed by atoms with Gasteiger partial charge in [-0.3, -0.25) is 4.99 Å². The highest BCUT2D eigenvalue weighted by Gasteiger charge is 2.19. The monoisotopic (exact) mass is 353 g/mol. The molecule has 0 atom stereocenters. The minimum Gasteiger partial charge on any atom is -0.383 e. The van der Waals surface area contributed by atoms with Crippen LogP contribution in [0.5, 0.6) is 0 Å². The normalized spacial score (nSPS) is 17.2. The topological polar surface area (TPSA) is 61.8 Å². The van der Waals surface area contributed by atoms with Crippen LogP contribution in [0, 0.1) is 19.8 Å². The van der Waals surface area contributed by atoms with Crippen molar-refractivity contribution in [2.24, 2.45) is 10.9 Å². The van der Waals surface area contributed by atoms with Crippen LogP contribution in [0.3, 0.4) is 0 Å². The molecule has 1 saturated heterocycles. The molecule has 1 aromatic heterocycles. The first-order valence-corrected chi connectivity index (χ1v) is 9.52. The quantitative estimate of drug-likeness (QED) is 0.578. The Morgan fingerprint density at radius 1 is 1.33 bits per heavy atom. The van der Waals surface area contributed by atoms with Gasteiger partial charge in [0.25, 0.3) is 0 Å². The molecule has 1 fully saturated rings. The van der Waals surface area contributed by atoms with Gasteiger partial charge in [-0.1, -0.05) is 0 Å². The van der Waals surface area contributed by atoms with Gasteiger partial charge in [0, 0.05) is 32.1 Å². The standard InChI is InChI=1S/C17H31N5OS/c1-13-16(24-14(2)21-13)12-20-17(18-3)19-11-15-5-7-22(8-6-15)9-10-23-4/h15H,5-12H2,1-4H3,(H2,18,19,20). The number of nitrogens with zero attached hydrogens (tertiary/aromatic N) is 3. The fourth-order valence-corrected chi connectivity index (χ4v) is 3.87. The zero-order valence-corrected chi connectivity index (χ0v) is 16.2. The first kappa shape index (κ1) is 19.1. The minimum absolute atomic E-state index is 0.717. The Labute approximate surface area is 149 Å². The number of hydrogen-bond donors (Lipinski definition) is 2. The molecule has 1 aromatic rings. The van der Waals surface area contributed by atoms with Crippen LogP contribution in [-0.2, 0) is 11.3 Å². The van der Waals surface area contributed by atoms with E-state index in [-0.39, 0.29) is 0 Å². The summed E-state index contributed by atoms with van der Waals surface area (Å²) < 4.78 is 5.16. The van der Waals surface area contributed by atoms with Crippen LogP contribution in [0.15, 0.2) is 4.99 Å². The number of hydrogen-bond acceptors (Lipinski definition) is 5. The largest absolute Gasteiger partial charge is 0.383 e. The highest BCUT2D eigenvalue weighted by molar-refractivity contribution is 7.11. The van der Waals surface area contributed by atoms with Gasteiger partial charge in [-0.25, -0.2) is 4.98 Å². The van der Waals surface area contributed by atoms with Gasteiger partial charge >= 0.3 is 0 Å². The predicted octanol–water partition coefficient (Wildman–Crippen LogP) is 1.78. The number of piperidine rings is 1. The first-order chi connectivity index (χ1) is 11.6. The van der Waals surface area contributed by atoms with Crippen LogP contribution in [0.4, 0.5) is 0 Å². The second-order valence-electron chi connectivity index (χ2n) is 6.33. The molecule has 0 amide bonds. The lowest BCUT2D eigenvalue weighted by Crippen LogP contribution is -2.43. The maximum Gasteiger partial charge on any atom is 0.191 e. The first-order valence-electron chi connectivity index (χ1n) is 8.71. The van der Waals surface area contributed by atoms with Gasteiger partial charge in [-0.15, -0.1) is 11.3 Å². The van der Waals surface area contributed by atoms with Crippen LogP contribution < -0.4 is 10.6 Å². The van der Waals surface area contributed by atoms with Crippen molar-refractivity contribution in [1.82, 2.24) is 20.5 Å². The summed E-state index contributed by atoms with van der Waals surface area (Å²) in [6.45, 7) is 10.1. The van der Waals surface area contributed by atoms with Crippen LogP contribution in [0.1, 0.15) is 28.4 Å². The molecule has 2 heterocycles. The van der Waals surface area contributed by atoms with E-state index in [2.05, 4.69) is 32.4 Å². The average molecular weight is 354 g/mol. The Balaban J connectivity index is 1.68. The van der Waals surface area contributed by atoms with E-state index in [1.807, 2.05) is 14.0 Å². The maximum absolute atomic E-state index is 5.16. The molecule has 7 heteroatoms.